The fourth-order valence-electron chi connectivity index (χ4n) is 4.06. The fourth-order valence-corrected chi connectivity index (χ4v) is 4.06. The Kier molecular flexibility index (Phi) is 3.09. The topological polar surface area (TPSA) is 49.9 Å². The second-order valence-corrected chi connectivity index (χ2v) is 6.91. The van der Waals surface area contributed by atoms with Crippen molar-refractivity contribution >= 4 is 22.6 Å². The van der Waals surface area contributed by atoms with Crippen molar-refractivity contribution in [2.24, 2.45) is 0 Å². The van der Waals surface area contributed by atoms with Crippen LogP contribution in [0.25, 0.3) is 10.8 Å². The molecule has 2 heterocycles. The molecule has 1 saturated heterocycles. The zero-order valence-corrected chi connectivity index (χ0v) is 14.3. The number of imide groups is 1. The summed E-state index contributed by atoms with van der Waals surface area (Å²) >= 11 is 0. The van der Waals surface area contributed by atoms with Gasteiger partial charge in [0.25, 0.3) is 11.8 Å². The summed E-state index contributed by atoms with van der Waals surface area (Å²) in [5, 5.41) is 1.66. The van der Waals surface area contributed by atoms with Crippen molar-refractivity contribution in [3.8, 4) is 0 Å². The third-order valence-electron chi connectivity index (χ3n) is 5.58. The Labute approximate surface area is 151 Å². The zero-order valence-electron chi connectivity index (χ0n) is 14.3. The highest BCUT2D eigenvalue weighted by molar-refractivity contribution is 6.25. The van der Waals surface area contributed by atoms with Gasteiger partial charge < -0.3 is 4.74 Å². The standard InChI is InChI=1S/C22H17NO3/c1-14(22(13-26-22)16-9-3-2-4-10-16)23-20(24)17-11-5-7-15-8-6-12-18(19(15)17)21(23)25/h2-12,14H,13H2,1H3. The van der Waals surface area contributed by atoms with Gasteiger partial charge in [0.15, 0.2) is 0 Å². The van der Waals surface area contributed by atoms with E-state index in [4.69, 9.17) is 4.74 Å². The molecule has 0 spiro atoms. The minimum Gasteiger partial charge on any atom is -0.362 e. The highest BCUT2D eigenvalue weighted by atomic mass is 16.6. The van der Waals surface area contributed by atoms with Crippen LogP contribution in [0.5, 0.6) is 0 Å². The molecule has 0 aliphatic carbocycles. The monoisotopic (exact) mass is 343 g/mol. The van der Waals surface area contributed by atoms with E-state index in [1.807, 2.05) is 61.5 Å². The van der Waals surface area contributed by atoms with Crippen molar-refractivity contribution in [3.05, 3.63) is 83.4 Å². The van der Waals surface area contributed by atoms with E-state index in [9.17, 15) is 9.59 Å². The molecule has 0 N–H and O–H groups in total. The van der Waals surface area contributed by atoms with Crippen molar-refractivity contribution in [1.29, 1.82) is 0 Å². The normalized spacial score (nSPS) is 22.6. The lowest BCUT2D eigenvalue weighted by molar-refractivity contribution is 0.0458. The summed E-state index contributed by atoms with van der Waals surface area (Å²) in [6, 6.07) is 20.6. The molecule has 0 aromatic heterocycles. The van der Waals surface area contributed by atoms with Crippen molar-refractivity contribution in [3.63, 3.8) is 0 Å². The number of benzene rings is 3. The van der Waals surface area contributed by atoms with Crippen LogP contribution in [0.1, 0.15) is 33.2 Å². The molecule has 4 heteroatoms. The van der Waals surface area contributed by atoms with E-state index in [1.165, 1.54) is 4.90 Å². The summed E-state index contributed by atoms with van der Waals surface area (Å²) in [6.07, 6.45) is 0. The highest BCUT2D eigenvalue weighted by Crippen LogP contribution is 2.45. The maximum atomic E-state index is 13.2. The van der Waals surface area contributed by atoms with Gasteiger partial charge in [0.2, 0.25) is 0 Å². The molecule has 2 unspecified atom stereocenters. The molecular weight excluding hydrogens is 326 g/mol. The van der Waals surface area contributed by atoms with Crippen molar-refractivity contribution in [2.75, 3.05) is 6.61 Å². The molecule has 5 rings (SSSR count). The smallest absolute Gasteiger partial charge is 0.261 e. The number of rotatable bonds is 3. The second-order valence-electron chi connectivity index (χ2n) is 6.91. The number of carbonyl (C=O) groups excluding carboxylic acids is 2. The molecule has 3 aromatic rings. The molecule has 2 aliphatic rings. The van der Waals surface area contributed by atoms with Crippen molar-refractivity contribution in [1.82, 2.24) is 4.90 Å². The van der Waals surface area contributed by atoms with Gasteiger partial charge in [-0.05, 0) is 30.0 Å². The molecule has 26 heavy (non-hydrogen) atoms. The van der Waals surface area contributed by atoms with Crippen LogP contribution in [0.2, 0.25) is 0 Å². The molecule has 0 bridgehead atoms. The number of nitrogens with zero attached hydrogens (tertiary/aromatic N) is 1. The number of ether oxygens (including phenoxy) is 1. The number of carbonyl (C=O) groups is 2. The van der Waals surface area contributed by atoms with Crippen molar-refractivity contribution < 1.29 is 14.3 Å². The third kappa shape index (κ3) is 1.93. The number of hydrogen-bond donors (Lipinski definition) is 0. The summed E-state index contributed by atoms with van der Waals surface area (Å²) in [5.41, 5.74) is 1.53. The molecule has 3 aromatic carbocycles. The third-order valence-corrected chi connectivity index (χ3v) is 5.58. The van der Waals surface area contributed by atoms with Crippen LogP contribution in [0.3, 0.4) is 0 Å². The summed E-state index contributed by atoms with van der Waals surface area (Å²) in [5.74, 6) is -0.504. The highest BCUT2D eigenvalue weighted by Gasteiger charge is 2.56. The summed E-state index contributed by atoms with van der Waals surface area (Å²) in [7, 11) is 0. The largest absolute Gasteiger partial charge is 0.362 e. The van der Waals surface area contributed by atoms with E-state index in [2.05, 4.69) is 0 Å². The van der Waals surface area contributed by atoms with E-state index >= 15 is 0 Å². The van der Waals surface area contributed by atoms with Gasteiger partial charge >= 0.3 is 0 Å². The van der Waals surface area contributed by atoms with E-state index in [1.54, 1.807) is 12.1 Å². The molecule has 2 aliphatic heterocycles. The average molecular weight is 343 g/mol. The van der Waals surface area contributed by atoms with Crippen LogP contribution in [0.15, 0.2) is 66.7 Å². The Morgan fingerprint density at radius 3 is 2.00 bits per heavy atom. The maximum absolute atomic E-state index is 13.2. The van der Waals surface area contributed by atoms with Gasteiger partial charge in [0.05, 0.1) is 12.6 Å². The van der Waals surface area contributed by atoms with Gasteiger partial charge in [0.1, 0.15) is 5.60 Å². The van der Waals surface area contributed by atoms with Gasteiger partial charge in [-0.2, -0.15) is 0 Å². The Bertz CT molecular complexity index is 1000. The fraction of sp³-hybridized carbons (Fsp3) is 0.182. The number of amides is 2. The molecule has 2 amide bonds. The molecule has 128 valence electrons. The lowest BCUT2D eigenvalue weighted by Gasteiger charge is -2.35. The Balaban J connectivity index is 1.63. The molecule has 0 saturated carbocycles. The summed E-state index contributed by atoms with van der Waals surface area (Å²) in [6.45, 7) is 2.39. The second kappa shape index (κ2) is 5.26. The first-order chi connectivity index (χ1) is 12.6. The quantitative estimate of drug-likeness (QED) is 0.537. The lowest BCUT2D eigenvalue weighted by Crippen LogP contribution is -2.51. The van der Waals surface area contributed by atoms with Gasteiger partial charge in [-0.25, -0.2) is 0 Å². The zero-order chi connectivity index (χ0) is 17.9. The van der Waals surface area contributed by atoms with E-state index in [0.717, 1.165) is 16.3 Å². The molecule has 4 nitrogen and oxygen atoms in total. The van der Waals surface area contributed by atoms with Gasteiger partial charge in [0, 0.05) is 16.5 Å². The first-order valence-electron chi connectivity index (χ1n) is 8.72. The minimum atomic E-state index is -0.618. The summed E-state index contributed by atoms with van der Waals surface area (Å²) in [4.78, 5) is 27.8. The molecular formula is C22H17NO3. The van der Waals surface area contributed by atoms with Gasteiger partial charge in [-0.3, -0.25) is 14.5 Å². The van der Waals surface area contributed by atoms with E-state index in [-0.39, 0.29) is 11.8 Å². The Morgan fingerprint density at radius 2 is 1.46 bits per heavy atom. The van der Waals surface area contributed by atoms with Gasteiger partial charge in [-0.1, -0.05) is 54.6 Å². The van der Waals surface area contributed by atoms with Crippen LogP contribution >= 0.6 is 0 Å². The predicted molar refractivity (Wildman–Crippen MR) is 98.0 cm³/mol. The Hall–Kier alpha value is -2.98. The first-order valence-corrected chi connectivity index (χ1v) is 8.72. The molecule has 0 radical (unpaired) electrons. The maximum Gasteiger partial charge on any atom is 0.261 e. The molecule has 2 atom stereocenters. The first kappa shape index (κ1) is 15.3. The van der Waals surface area contributed by atoms with Crippen LogP contribution in [-0.4, -0.2) is 29.4 Å². The molecule has 1 fully saturated rings. The Morgan fingerprint density at radius 1 is 0.885 bits per heavy atom. The summed E-state index contributed by atoms with van der Waals surface area (Å²) < 4.78 is 5.81. The van der Waals surface area contributed by atoms with Crippen LogP contribution in [0, 0.1) is 0 Å². The van der Waals surface area contributed by atoms with Crippen LogP contribution < -0.4 is 0 Å². The minimum absolute atomic E-state index is 0.252. The van der Waals surface area contributed by atoms with E-state index in [0.29, 0.717) is 17.7 Å². The predicted octanol–water partition coefficient (Wildman–Crippen LogP) is 3.75. The average Bonchev–Trinajstić information content (AvgIpc) is 3.49. The van der Waals surface area contributed by atoms with Crippen molar-refractivity contribution in [2.45, 2.75) is 18.6 Å². The van der Waals surface area contributed by atoms with Crippen LogP contribution in [0.4, 0.5) is 0 Å². The van der Waals surface area contributed by atoms with Gasteiger partial charge in [-0.15, -0.1) is 0 Å². The van der Waals surface area contributed by atoms with Crippen LogP contribution in [-0.2, 0) is 10.3 Å². The number of hydrogen-bond acceptors (Lipinski definition) is 3. The lowest BCUT2D eigenvalue weighted by atomic mass is 9.88. The number of epoxide rings is 1. The van der Waals surface area contributed by atoms with E-state index < -0.39 is 11.6 Å². The SMILES string of the molecule is CC(N1C(=O)c2cccc3cccc(c23)C1=O)C1(c2ccccc2)CO1.